The molecule has 2 rings (SSSR count). The van der Waals surface area contributed by atoms with Crippen LogP contribution in [-0.2, 0) is 0 Å². The van der Waals surface area contributed by atoms with Gasteiger partial charge in [0.1, 0.15) is 16.8 Å². The van der Waals surface area contributed by atoms with Crippen LogP contribution in [0.25, 0.3) is 11.3 Å². The van der Waals surface area contributed by atoms with Crippen LogP contribution in [0.3, 0.4) is 0 Å². The van der Waals surface area contributed by atoms with Crippen LogP contribution < -0.4 is 0 Å². The molecule has 0 radical (unpaired) electrons. The molecule has 1 aromatic carbocycles. The maximum Gasteiger partial charge on any atom is 0.133 e. The lowest BCUT2D eigenvalue weighted by Gasteiger charge is -2.03. The Balaban J connectivity index is 2.59. The van der Waals surface area contributed by atoms with Gasteiger partial charge in [-0.05, 0) is 19.1 Å². The zero-order chi connectivity index (χ0) is 10.8. The predicted molar refractivity (Wildman–Crippen MR) is 57.2 cm³/mol. The van der Waals surface area contributed by atoms with E-state index in [1.54, 1.807) is 31.2 Å². The van der Waals surface area contributed by atoms with Crippen LogP contribution in [-0.4, -0.2) is 9.97 Å². The van der Waals surface area contributed by atoms with Crippen molar-refractivity contribution >= 4 is 11.6 Å². The van der Waals surface area contributed by atoms with Crippen molar-refractivity contribution < 1.29 is 4.39 Å². The number of hydrogen-bond donors (Lipinski definition) is 0. The Morgan fingerprint density at radius 1 is 1.20 bits per heavy atom. The smallest absolute Gasteiger partial charge is 0.133 e. The van der Waals surface area contributed by atoms with E-state index < -0.39 is 0 Å². The topological polar surface area (TPSA) is 25.8 Å². The van der Waals surface area contributed by atoms with Crippen molar-refractivity contribution in [1.29, 1.82) is 0 Å². The standard InChI is InChI=1S/C11H8ClFN2/c1-7-14-10(6-11(12)15-7)8-4-2-3-5-9(8)13/h2-6H,1H3. The molecular weight excluding hydrogens is 215 g/mol. The molecule has 0 aliphatic heterocycles. The molecule has 0 aliphatic rings. The van der Waals surface area contributed by atoms with Crippen molar-refractivity contribution in [1.82, 2.24) is 9.97 Å². The summed E-state index contributed by atoms with van der Waals surface area (Å²) in [6.45, 7) is 1.72. The van der Waals surface area contributed by atoms with Gasteiger partial charge in [-0.1, -0.05) is 23.7 Å². The van der Waals surface area contributed by atoms with Gasteiger partial charge in [0, 0.05) is 11.6 Å². The molecule has 76 valence electrons. The average molecular weight is 223 g/mol. The Kier molecular flexibility index (Phi) is 2.64. The molecule has 0 saturated heterocycles. The van der Waals surface area contributed by atoms with Crippen molar-refractivity contribution in [2.45, 2.75) is 6.92 Å². The summed E-state index contributed by atoms with van der Waals surface area (Å²) in [7, 11) is 0. The lowest BCUT2D eigenvalue weighted by atomic mass is 10.1. The monoisotopic (exact) mass is 222 g/mol. The quantitative estimate of drug-likeness (QED) is 0.693. The first-order valence-electron chi connectivity index (χ1n) is 4.43. The molecule has 0 aliphatic carbocycles. The van der Waals surface area contributed by atoms with E-state index in [9.17, 15) is 4.39 Å². The summed E-state index contributed by atoms with van der Waals surface area (Å²) in [4.78, 5) is 8.05. The number of benzene rings is 1. The summed E-state index contributed by atoms with van der Waals surface area (Å²) in [5.74, 6) is 0.215. The Labute approximate surface area is 91.8 Å². The van der Waals surface area contributed by atoms with E-state index in [1.807, 2.05) is 0 Å². The molecule has 0 atom stereocenters. The van der Waals surface area contributed by atoms with Crippen molar-refractivity contribution in [3.8, 4) is 11.3 Å². The van der Waals surface area contributed by atoms with Gasteiger partial charge in [0.2, 0.25) is 0 Å². The molecule has 4 heteroatoms. The maximum atomic E-state index is 13.4. The Bertz CT molecular complexity index is 479. The van der Waals surface area contributed by atoms with Crippen molar-refractivity contribution in [3.63, 3.8) is 0 Å². The minimum Gasteiger partial charge on any atom is -0.233 e. The third-order valence-corrected chi connectivity index (χ3v) is 2.15. The highest BCUT2D eigenvalue weighted by Gasteiger charge is 2.07. The SMILES string of the molecule is Cc1nc(Cl)cc(-c2ccccc2F)n1. The number of aryl methyl sites for hydroxylation is 1. The van der Waals surface area contributed by atoms with Gasteiger partial charge < -0.3 is 0 Å². The van der Waals surface area contributed by atoms with E-state index in [0.29, 0.717) is 22.2 Å². The summed E-state index contributed by atoms with van der Waals surface area (Å²) in [5, 5.41) is 0.320. The van der Waals surface area contributed by atoms with E-state index in [0.717, 1.165) is 0 Å². The zero-order valence-corrected chi connectivity index (χ0v) is 8.79. The second kappa shape index (κ2) is 3.95. The highest BCUT2D eigenvalue weighted by molar-refractivity contribution is 6.29. The van der Waals surface area contributed by atoms with Gasteiger partial charge in [0.05, 0.1) is 5.69 Å². The summed E-state index contributed by atoms with van der Waals surface area (Å²) < 4.78 is 13.4. The lowest BCUT2D eigenvalue weighted by Crippen LogP contribution is -1.93. The second-order valence-corrected chi connectivity index (χ2v) is 3.49. The first kappa shape index (κ1) is 10.1. The first-order chi connectivity index (χ1) is 7.16. The molecule has 0 spiro atoms. The minimum atomic E-state index is -0.313. The van der Waals surface area contributed by atoms with E-state index in [2.05, 4.69) is 9.97 Å². The molecule has 0 amide bonds. The molecule has 1 heterocycles. The van der Waals surface area contributed by atoms with Gasteiger partial charge in [-0.2, -0.15) is 0 Å². The van der Waals surface area contributed by atoms with Crippen LogP contribution in [0, 0.1) is 12.7 Å². The molecule has 0 bridgehead atoms. The van der Waals surface area contributed by atoms with Crippen LogP contribution in [0.4, 0.5) is 4.39 Å². The van der Waals surface area contributed by atoms with Crippen LogP contribution >= 0.6 is 11.6 Å². The van der Waals surface area contributed by atoms with Crippen molar-refractivity contribution in [3.05, 3.63) is 47.1 Å². The molecule has 1 aromatic heterocycles. The van der Waals surface area contributed by atoms with E-state index >= 15 is 0 Å². The number of rotatable bonds is 1. The Morgan fingerprint density at radius 2 is 1.93 bits per heavy atom. The molecule has 15 heavy (non-hydrogen) atoms. The Hall–Kier alpha value is -1.48. The van der Waals surface area contributed by atoms with Gasteiger partial charge >= 0.3 is 0 Å². The van der Waals surface area contributed by atoms with Gasteiger partial charge in [-0.3, -0.25) is 0 Å². The third kappa shape index (κ3) is 2.13. The van der Waals surface area contributed by atoms with Crippen molar-refractivity contribution in [2.24, 2.45) is 0 Å². The van der Waals surface area contributed by atoms with E-state index in [-0.39, 0.29) is 5.82 Å². The molecule has 0 N–H and O–H groups in total. The van der Waals surface area contributed by atoms with Crippen LogP contribution in [0.5, 0.6) is 0 Å². The highest BCUT2D eigenvalue weighted by atomic mass is 35.5. The summed E-state index contributed by atoms with van der Waals surface area (Å²) in [5.41, 5.74) is 0.940. The van der Waals surface area contributed by atoms with E-state index in [1.165, 1.54) is 6.07 Å². The zero-order valence-electron chi connectivity index (χ0n) is 8.04. The molecular formula is C11H8ClFN2. The van der Waals surface area contributed by atoms with Gasteiger partial charge in [0.25, 0.3) is 0 Å². The number of aromatic nitrogens is 2. The van der Waals surface area contributed by atoms with Gasteiger partial charge in [-0.25, -0.2) is 14.4 Å². The van der Waals surface area contributed by atoms with Crippen LogP contribution in [0.15, 0.2) is 30.3 Å². The lowest BCUT2D eigenvalue weighted by molar-refractivity contribution is 0.630. The fraction of sp³-hybridized carbons (Fsp3) is 0.0909. The van der Waals surface area contributed by atoms with E-state index in [4.69, 9.17) is 11.6 Å². The Morgan fingerprint density at radius 3 is 2.60 bits per heavy atom. The minimum absolute atomic E-state index is 0.313. The van der Waals surface area contributed by atoms with Crippen molar-refractivity contribution in [2.75, 3.05) is 0 Å². The average Bonchev–Trinajstić information content (AvgIpc) is 2.16. The van der Waals surface area contributed by atoms with Gasteiger partial charge in [-0.15, -0.1) is 0 Å². The second-order valence-electron chi connectivity index (χ2n) is 3.10. The number of halogens is 2. The fourth-order valence-electron chi connectivity index (χ4n) is 1.34. The largest absolute Gasteiger partial charge is 0.233 e. The summed E-state index contributed by atoms with van der Waals surface area (Å²) >= 11 is 5.78. The number of hydrogen-bond acceptors (Lipinski definition) is 2. The first-order valence-corrected chi connectivity index (χ1v) is 4.81. The molecule has 0 saturated carbocycles. The predicted octanol–water partition coefficient (Wildman–Crippen LogP) is 3.24. The normalized spacial score (nSPS) is 10.3. The third-order valence-electron chi connectivity index (χ3n) is 1.96. The van der Waals surface area contributed by atoms with Crippen LogP contribution in [0.2, 0.25) is 5.15 Å². The molecule has 0 fully saturated rings. The molecule has 0 unspecified atom stereocenters. The molecule has 2 nitrogen and oxygen atoms in total. The maximum absolute atomic E-state index is 13.4. The van der Waals surface area contributed by atoms with Gasteiger partial charge in [0.15, 0.2) is 0 Å². The highest BCUT2D eigenvalue weighted by Crippen LogP contribution is 2.22. The van der Waals surface area contributed by atoms with Crippen LogP contribution in [0.1, 0.15) is 5.82 Å². The fourth-order valence-corrected chi connectivity index (χ4v) is 1.56. The molecule has 2 aromatic rings. The summed E-state index contributed by atoms with van der Waals surface area (Å²) in [6, 6.07) is 7.99. The summed E-state index contributed by atoms with van der Waals surface area (Å²) in [6.07, 6.45) is 0. The number of nitrogens with zero attached hydrogens (tertiary/aromatic N) is 2.